The Hall–Kier alpha value is -2.08. The summed E-state index contributed by atoms with van der Waals surface area (Å²) >= 11 is 4.86. The summed E-state index contributed by atoms with van der Waals surface area (Å²) in [7, 11) is 0. The molecule has 0 saturated carbocycles. The minimum atomic E-state index is -0.302. The van der Waals surface area contributed by atoms with Crippen LogP contribution in [0.1, 0.15) is 5.69 Å². The van der Waals surface area contributed by atoms with Crippen molar-refractivity contribution in [2.75, 3.05) is 5.32 Å². The Morgan fingerprint density at radius 1 is 1.18 bits per heavy atom. The second-order valence-corrected chi connectivity index (χ2v) is 3.69. The Kier molecular flexibility index (Phi) is 3.24. The standard InChI is InChI=1S/C11H9FN4S/c12-7-1-3-8(4-2-7)16-11-9(10(13)17)14-5-6-15-11/h1-6H,(H2,13,17)(H,15,16). The molecular formula is C11H9FN4S. The fourth-order valence-corrected chi connectivity index (χ4v) is 1.43. The zero-order valence-electron chi connectivity index (χ0n) is 8.72. The van der Waals surface area contributed by atoms with Crippen molar-refractivity contribution < 1.29 is 4.39 Å². The van der Waals surface area contributed by atoms with E-state index in [-0.39, 0.29) is 10.8 Å². The number of hydrogen-bond acceptors (Lipinski definition) is 4. The first-order valence-electron chi connectivity index (χ1n) is 4.80. The molecule has 0 unspecified atom stereocenters. The molecule has 0 amide bonds. The number of hydrogen-bond donors (Lipinski definition) is 2. The molecule has 0 aliphatic heterocycles. The van der Waals surface area contributed by atoms with Gasteiger partial charge in [0, 0.05) is 18.1 Å². The summed E-state index contributed by atoms with van der Waals surface area (Å²) in [5.41, 5.74) is 6.61. The molecule has 0 aliphatic rings. The van der Waals surface area contributed by atoms with Gasteiger partial charge in [-0.05, 0) is 24.3 Å². The minimum Gasteiger partial charge on any atom is -0.388 e. The third-order valence-electron chi connectivity index (χ3n) is 2.04. The van der Waals surface area contributed by atoms with Crippen molar-refractivity contribution >= 4 is 28.7 Å². The predicted molar refractivity (Wildman–Crippen MR) is 67.6 cm³/mol. The zero-order chi connectivity index (χ0) is 12.3. The molecule has 4 nitrogen and oxygen atoms in total. The van der Waals surface area contributed by atoms with Gasteiger partial charge < -0.3 is 11.1 Å². The summed E-state index contributed by atoms with van der Waals surface area (Å²) in [6.45, 7) is 0. The van der Waals surface area contributed by atoms with Gasteiger partial charge >= 0.3 is 0 Å². The Morgan fingerprint density at radius 3 is 2.47 bits per heavy atom. The van der Waals surface area contributed by atoms with E-state index < -0.39 is 0 Å². The first kappa shape index (κ1) is 11.4. The molecule has 1 heterocycles. The van der Waals surface area contributed by atoms with Crippen molar-refractivity contribution in [1.82, 2.24) is 9.97 Å². The number of nitrogens with one attached hydrogen (secondary N) is 1. The van der Waals surface area contributed by atoms with Crippen LogP contribution in [0.2, 0.25) is 0 Å². The molecule has 0 radical (unpaired) electrons. The molecule has 3 N–H and O–H groups in total. The van der Waals surface area contributed by atoms with E-state index in [1.165, 1.54) is 24.5 Å². The van der Waals surface area contributed by atoms with Crippen molar-refractivity contribution in [3.8, 4) is 0 Å². The maximum Gasteiger partial charge on any atom is 0.159 e. The number of rotatable bonds is 3. The summed E-state index contributed by atoms with van der Waals surface area (Å²) < 4.78 is 12.7. The van der Waals surface area contributed by atoms with Gasteiger partial charge in [0.25, 0.3) is 0 Å². The Bertz CT molecular complexity index is 541. The van der Waals surface area contributed by atoms with Crippen molar-refractivity contribution in [3.63, 3.8) is 0 Å². The van der Waals surface area contributed by atoms with Crippen LogP contribution in [0.5, 0.6) is 0 Å². The van der Waals surface area contributed by atoms with Gasteiger partial charge in [-0.15, -0.1) is 0 Å². The quantitative estimate of drug-likeness (QED) is 0.813. The molecule has 0 fully saturated rings. The monoisotopic (exact) mass is 248 g/mol. The fraction of sp³-hybridized carbons (Fsp3) is 0. The Morgan fingerprint density at radius 2 is 1.82 bits per heavy atom. The minimum absolute atomic E-state index is 0.155. The highest BCUT2D eigenvalue weighted by atomic mass is 32.1. The number of benzene rings is 1. The van der Waals surface area contributed by atoms with Crippen LogP contribution in [0.3, 0.4) is 0 Å². The molecule has 1 aromatic carbocycles. The predicted octanol–water partition coefficient (Wildman–Crippen LogP) is 1.99. The number of thiocarbonyl (C=S) groups is 1. The summed E-state index contributed by atoms with van der Waals surface area (Å²) in [6, 6.07) is 5.87. The highest BCUT2D eigenvalue weighted by molar-refractivity contribution is 7.80. The molecular weight excluding hydrogens is 239 g/mol. The third kappa shape index (κ3) is 2.73. The van der Waals surface area contributed by atoms with Gasteiger partial charge in [0.15, 0.2) is 5.82 Å². The lowest BCUT2D eigenvalue weighted by molar-refractivity contribution is 0.628. The molecule has 0 saturated heterocycles. The third-order valence-corrected chi connectivity index (χ3v) is 2.23. The first-order valence-corrected chi connectivity index (χ1v) is 5.21. The van der Waals surface area contributed by atoms with Crippen LogP contribution in [0.15, 0.2) is 36.7 Å². The van der Waals surface area contributed by atoms with Gasteiger partial charge in [0.1, 0.15) is 16.5 Å². The largest absolute Gasteiger partial charge is 0.388 e. The second kappa shape index (κ2) is 4.84. The second-order valence-electron chi connectivity index (χ2n) is 3.25. The van der Waals surface area contributed by atoms with Crippen LogP contribution in [0, 0.1) is 5.82 Å². The van der Waals surface area contributed by atoms with E-state index in [4.69, 9.17) is 18.0 Å². The van der Waals surface area contributed by atoms with Crippen LogP contribution in [0.4, 0.5) is 15.9 Å². The number of anilines is 2. The average molecular weight is 248 g/mol. The summed E-state index contributed by atoms with van der Waals surface area (Å²) in [6.07, 6.45) is 3.03. The van der Waals surface area contributed by atoms with Gasteiger partial charge in [-0.2, -0.15) is 0 Å². The van der Waals surface area contributed by atoms with Gasteiger partial charge in [0.2, 0.25) is 0 Å². The van der Waals surface area contributed by atoms with Crippen molar-refractivity contribution in [1.29, 1.82) is 0 Å². The maximum absolute atomic E-state index is 12.7. The molecule has 0 spiro atoms. The van der Waals surface area contributed by atoms with Crippen molar-refractivity contribution in [2.45, 2.75) is 0 Å². The lowest BCUT2D eigenvalue weighted by Gasteiger charge is -2.08. The van der Waals surface area contributed by atoms with E-state index >= 15 is 0 Å². The number of aromatic nitrogens is 2. The van der Waals surface area contributed by atoms with E-state index in [2.05, 4.69) is 15.3 Å². The average Bonchev–Trinajstić information content (AvgIpc) is 2.32. The van der Waals surface area contributed by atoms with Crippen LogP contribution in [-0.2, 0) is 0 Å². The van der Waals surface area contributed by atoms with Gasteiger partial charge in [0.05, 0.1) is 0 Å². The molecule has 6 heteroatoms. The lowest BCUT2D eigenvalue weighted by Crippen LogP contribution is -2.14. The van der Waals surface area contributed by atoms with Crippen molar-refractivity contribution in [3.05, 3.63) is 48.2 Å². The van der Waals surface area contributed by atoms with E-state index in [1.54, 1.807) is 12.1 Å². The normalized spacial score (nSPS) is 9.94. The van der Waals surface area contributed by atoms with E-state index in [0.29, 0.717) is 17.2 Å². The van der Waals surface area contributed by atoms with E-state index in [0.717, 1.165) is 0 Å². The van der Waals surface area contributed by atoms with Gasteiger partial charge in [-0.3, -0.25) is 0 Å². The zero-order valence-corrected chi connectivity index (χ0v) is 9.54. The van der Waals surface area contributed by atoms with Crippen molar-refractivity contribution in [2.24, 2.45) is 5.73 Å². The van der Waals surface area contributed by atoms with Crippen LogP contribution in [0.25, 0.3) is 0 Å². The SMILES string of the molecule is NC(=S)c1nccnc1Nc1ccc(F)cc1. The molecule has 2 aromatic rings. The van der Waals surface area contributed by atoms with Crippen LogP contribution >= 0.6 is 12.2 Å². The maximum atomic E-state index is 12.7. The van der Waals surface area contributed by atoms with E-state index in [9.17, 15) is 4.39 Å². The first-order chi connectivity index (χ1) is 8.16. The Labute approximate surface area is 103 Å². The molecule has 2 rings (SSSR count). The number of nitrogens with two attached hydrogens (primary N) is 1. The lowest BCUT2D eigenvalue weighted by atomic mass is 10.3. The summed E-state index contributed by atoms with van der Waals surface area (Å²) in [5, 5.41) is 2.97. The molecule has 0 bridgehead atoms. The molecule has 0 aliphatic carbocycles. The molecule has 0 atom stereocenters. The molecule has 17 heavy (non-hydrogen) atoms. The van der Waals surface area contributed by atoms with Crippen LogP contribution < -0.4 is 11.1 Å². The Balaban J connectivity index is 2.30. The van der Waals surface area contributed by atoms with Gasteiger partial charge in [-0.1, -0.05) is 12.2 Å². The highest BCUT2D eigenvalue weighted by Gasteiger charge is 2.07. The summed E-state index contributed by atoms with van der Waals surface area (Å²) in [5.74, 6) is 0.149. The molecule has 1 aromatic heterocycles. The smallest absolute Gasteiger partial charge is 0.159 e. The fourth-order valence-electron chi connectivity index (χ4n) is 1.28. The number of halogens is 1. The molecule has 86 valence electrons. The topological polar surface area (TPSA) is 63.8 Å². The van der Waals surface area contributed by atoms with Crippen LogP contribution in [-0.4, -0.2) is 15.0 Å². The van der Waals surface area contributed by atoms with E-state index in [1.807, 2.05) is 0 Å². The number of nitrogens with zero attached hydrogens (tertiary/aromatic N) is 2. The van der Waals surface area contributed by atoms with Gasteiger partial charge in [-0.25, -0.2) is 14.4 Å². The summed E-state index contributed by atoms with van der Waals surface area (Å²) in [4.78, 5) is 8.26. The highest BCUT2D eigenvalue weighted by Crippen LogP contribution is 2.16.